The third kappa shape index (κ3) is 5.50. The number of nitrogens with one attached hydrogen (secondary N) is 2. The highest BCUT2D eigenvalue weighted by Gasteiger charge is 2.26. The van der Waals surface area contributed by atoms with Gasteiger partial charge in [0.05, 0.1) is 19.2 Å². The van der Waals surface area contributed by atoms with E-state index in [4.69, 9.17) is 16.3 Å². The number of hydrogen-bond donors (Lipinski definition) is 2. The lowest BCUT2D eigenvalue weighted by molar-refractivity contribution is -0.123. The Morgan fingerprint density at radius 1 is 1.03 bits per heavy atom. The zero-order valence-corrected chi connectivity index (χ0v) is 19.0. The zero-order chi connectivity index (χ0) is 21.9. The normalized spacial score (nSPS) is 13.6. The first kappa shape index (κ1) is 23.2. The van der Waals surface area contributed by atoms with Gasteiger partial charge < -0.3 is 10.1 Å². The molecule has 2 N–H and O–H groups in total. The van der Waals surface area contributed by atoms with Gasteiger partial charge in [-0.05, 0) is 75.1 Å². The number of hydrogen-bond acceptors (Lipinski definition) is 4. The summed E-state index contributed by atoms with van der Waals surface area (Å²) in [6.07, 6.45) is 0. The summed E-state index contributed by atoms with van der Waals surface area (Å²) in [6.45, 7) is 9.40. The minimum atomic E-state index is -4.01. The molecule has 0 unspecified atom stereocenters. The van der Waals surface area contributed by atoms with E-state index in [1.807, 2.05) is 33.8 Å². The highest BCUT2D eigenvalue weighted by Crippen LogP contribution is 2.27. The first-order valence-electron chi connectivity index (χ1n) is 9.20. The molecule has 0 bridgehead atoms. The number of rotatable bonds is 7. The SMILES string of the molecule is COc1ccc(Cl)cc1S(=O)(=O)N[C@H](C)C(=O)N[C@@H](C)c1cc(C)c(C)cc1C. The van der Waals surface area contributed by atoms with Crippen molar-refractivity contribution in [2.24, 2.45) is 0 Å². The van der Waals surface area contributed by atoms with Crippen molar-refractivity contribution in [1.82, 2.24) is 10.0 Å². The Bertz CT molecular complexity index is 1020. The van der Waals surface area contributed by atoms with E-state index in [0.29, 0.717) is 0 Å². The van der Waals surface area contributed by atoms with Gasteiger partial charge in [0.1, 0.15) is 10.6 Å². The van der Waals surface area contributed by atoms with Crippen LogP contribution in [0.5, 0.6) is 5.75 Å². The van der Waals surface area contributed by atoms with Crippen LogP contribution in [-0.4, -0.2) is 27.5 Å². The fraction of sp³-hybridized carbons (Fsp3) is 0.381. The van der Waals surface area contributed by atoms with Gasteiger partial charge in [-0.25, -0.2) is 8.42 Å². The van der Waals surface area contributed by atoms with Gasteiger partial charge in [-0.3, -0.25) is 4.79 Å². The van der Waals surface area contributed by atoms with Gasteiger partial charge in [-0.1, -0.05) is 23.7 Å². The van der Waals surface area contributed by atoms with Crippen LogP contribution in [-0.2, 0) is 14.8 Å². The smallest absolute Gasteiger partial charge is 0.245 e. The summed E-state index contributed by atoms with van der Waals surface area (Å²) in [5.74, 6) is -0.284. The Kier molecular flexibility index (Phi) is 7.32. The fourth-order valence-electron chi connectivity index (χ4n) is 3.08. The molecule has 29 heavy (non-hydrogen) atoms. The molecule has 0 radical (unpaired) electrons. The van der Waals surface area contributed by atoms with E-state index < -0.39 is 22.0 Å². The molecule has 8 heteroatoms. The van der Waals surface area contributed by atoms with Crippen LogP contribution >= 0.6 is 11.6 Å². The molecule has 0 aliphatic rings. The molecular weight excluding hydrogens is 412 g/mol. The molecule has 0 spiro atoms. The van der Waals surface area contributed by atoms with E-state index in [1.165, 1.54) is 37.8 Å². The van der Waals surface area contributed by atoms with Crippen molar-refractivity contribution >= 4 is 27.5 Å². The average molecular weight is 439 g/mol. The lowest BCUT2D eigenvalue weighted by atomic mass is 9.96. The molecule has 0 saturated heterocycles. The highest BCUT2D eigenvalue weighted by molar-refractivity contribution is 7.89. The Morgan fingerprint density at radius 2 is 1.66 bits per heavy atom. The number of aryl methyl sites for hydroxylation is 3. The Labute approximate surface area is 177 Å². The third-order valence-corrected chi connectivity index (χ3v) is 6.65. The predicted molar refractivity (Wildman–Crippen MR) is 115 cm³/mol. The molecule has 2 aromatic carbocycles. The summed E-state index contributed by atoms with van der Waals surface area (Å²) < 4.78 is 33.0. The van der Waals surface area contributed by atoms with Crippen molar-refractivity contribution in [3.05, 3.63) is 57.6 Å². The number of benzene rings is 2. The minimum Gasteiger partial charge on any atom is -0.495 e. The summed E-state index contributed by atoms with van der Waals surface area (Å²) in [5, 5.41) is 3.13. The average Bonchev–Trinajstić information content (AvgIpc) is 2.64. The summed E-state index contributed by atoms with van der Waals surface area (Å²) in [6, 6.07) is 7.14. The van der Waals surface area contributed by atoms with Crippen LogP contribution < -0.4 is 14.8 Å². The Balaban J connectivity index is 2.16. The van der Waals surface area contributed by atoms with E-state index in [9.17, 15) is 13.2 Å². The predicted octanol–water partition coefficient (Wildman–Crippen LogP) is 3.82. The molecule has 0 heterocycles. The Morgan fingerprint density at radius 3 is 2.28 bits per heavy atom. The number of carbonyl (C=O) groups is 1. The maximum Gasteiger partial charge on any atom is 0.245 e. The molecule has 1 amide bonds. The van der Waals surface area contributed by atoms with Crippen molar-refractivity contribution in [2.75, 3.05) is 7.11 Å². The molecule has 0 fully saturated rings. The quantitative estimate of drug-likeness (QED) is 0.688. The van der Waals surface area contributed by atoms with E-state index >= 15 is 0 Å². The minimum absolute atomic E-state index is 0.120. The van der Waals surface area contributed by atoms with E-state index in [1.54, 1.807) is 0 Å². The van der Waals surface area contributed by atoms with Crippen LogP contribution in [0.1, 0.15) is 42.1 Å². The first-order valence-corrected chi connectivity index (χ1v) is 11.1. The molecule has 2 aromatic rings. The topological polar surface area (TPSA) is 84.5 Å². The molecular formula is C21H27ClN2O4S. The molecule has 6 nitrogen and oxygen atoms in total. The molecule has 0 saturated carbocycles. The monoisotopic (exact) mass is 438 g/mol. The lowest BCUT2D eigenvalue weighted by Gasteiger charge is -2.21. The van der Waals surface area contributed by atoms with Gasteiger partial charge in [0.15, 0.2) is 0 Å². The van der Waals surface area contributed by atoms with Gasteiger partial charge in [-0.2, -0.15) is 4.72 Å². The lowest BCUT2D eigenvalue weighted by Crippen LogP contribution is -2.45. The summed E-state index contributed by atoms with van der Waals surface area (Å²) in [7, 11) is -2.64. The second kappa shape index (κ2) is 9.15. The van der Waals surface area contributed by atoms with Crippen LogP contribution in [0.25, 0.3) is 0 Å². The van der Waals surface area contributed by atoms with Gasteiger partial charge in [0.2, 0.25) is 15.9 Å². The van der Waals surface area contributed by atoms with Gasteiger partial charge in [0.25, 0.3) is 0 Å². The maximum absolute atomic E-state index is 12.7. The summed E-state index contributed by atoms with van der Waals surface area (Å²) >= 11 is 5.93. The second-order valence-electron chi connectivity index (χ2n) is 7.16. The summed E-state index contributed by atoms with van der Waals surface area (Å²) in [5.41, 5.74) is 4.38. The largest absolute Gasteiger partial charge is 0.495 e. The first-order chi connectivity index (χ1) is 13.5. The van der Waals surface area contributed by atoms with Crippen LogP contribution in [0.2, 0.25) is 5.02 Å². The zero-order valence-electron chi connectivity index (χ0n) is 17.5. The number of halogens is 1. The van der Waals surface area contributed by atoms with Crippen molar-refractivity contribution in [1.29, 1.82) is 0 Å². The van der Waals surface area contributed by atoms with E-state index in [-0.39, 0.29) is 21.7 Å². The second-order valence-corrected chi connectivity index (χ2v) is 9.28. The van der Waals surface area contributed by atoms with E-state index in [2.05, 4.69) is 16.1 Å². The molecule has 0 aliphatic carbocycles. The fourth-order valence-corrected chi connectivity index (χ4v) is 4.71. The van der Waals surface area contributed by atoms with Crippen LogP contribution in [0.15, 0.2) is 35.2 Å². The molecule has 2 atom stereocenters. The molecule has 0 aromatic heterocycles. The molecule has 158 valence electrons. The van der Waals surface area contributed by atoms with Gasteiger partial charge >= 0.3 is 0 Å². The number of sulfonamides is 1. The number of methoxy groups -OCH3 is 1. The number of carbonyl (C=O) groups excluding carboxylic acids is 1. The van der Waals surface area contributed by atoms with Crippen LogP contribution in [0.4, 0.5) is 0 Å². The number of ether oxygens (including phenoxy) is 1. The number of amides is 1. The highest BCUT2D eigenvalue weighted by atomic mass is 35.5. The standard InChI is InChI=1S/C21H27ClN2O4S/c1-12-9-14(3)18(10-13(12)2)15(4)23-21(25)16(5)24-29(26,27)20-11-17(22)7-8-19(20)28-6/h7-11,15-16,24H,1-6H3,(H,23,25)/t15-,16+/m0/s1. The van der Waals surface area contributed by atoms with Crippen LogP contribution in [0.3, 0.4) is 0 Å². The van der Waals surface area contributed by atoms with E-state index in [0.717, 1.165) is 16.7 Å². The van der Waals surface area contributed by atoms with Crippen molar-refractivity contribution in [2.45, 2.75) is 51.6 Å². The Hall–Kier alpha value is -2.09. The maximum atomic E-state index is 12.7. The summed E-state index contributed by atoms with van der Waals surface area (Å²) in [4.78, 5) is 12.5. The molecule has 2 rings (SSSR count). The van der Waals surface area contributed by atoms with Crippen LogP contribution in [0, 0.1) is 20.8 Å². The van der Waals surface area contributed by atoms with Crippen molar-refractivity contribution in [3.8, 4) is 5.75 Å². The van der Waals surface area contributed by atoms with Gasteiger partial charge in [0, 0.05) is 5.02 Å². The van der Waals surface area contributed by atoms with Crippen molar-refractivity contribution in [3.63, 3.8) is 0 Å². The third-order valence-electron chi connectivity index (χ3n) is 4.85. The van der Waals surface area contributed by atoms with Crippen molar-refractivity contribution < 1.29 is 17.9 Å². The molecule has 0 aliphatic heterocycles. The van der Waals surface area contributed by atoms with Gasteiger partial charge in [-0.15, -0.1) is 0 Å².